The first-order chi connectivity index (χ1) is 4.33. The van der Waals surface area contributed by atoms with Crippen LogP contribution < -0.4 is 0 Å². The number of nitriles is 1. The fourth-order valence-corrected chi connectivity index (χ4v) is 0.865. The van der Waals surface area contributed by atoms with Gasteiger partial charge in [0.15, 0.2) is 4.67 Å². The summed E-state index contributed by atoms with van der Waals surface area (Å²) < 4.78 is 5.69. The van der Waals surface area contributed by atoms with Gasteiger partial charge in [0, 0.05) is 0 Å². The Morgan fingerprint density at radius 3 is 2.89 bits per heavy atom. The summed E-state index contributed by atoms with van der Waals surface area (Å²) in [5, 5.41) is 8.20. The summed E-state index contributed by atoms with van der Waals surface area (Å²) in [6.45, 7) is 0. The Hall–Kier alpha value is -0.750. The average Bonchev–Trinajstić information content (AvgIpc) is 2.17. The third-order valence-electron chi connectivity index (χ3n) is 0.882. The van der Waals surface area contributed by atoms with Gasteiger partial charge in [-0.3, -0.25) is 0 Å². The molecule has 0 saturated carbocycles. The summed E-state index contributed by atoms with van der Waals surface area (Å²) in [5.74, 6) is 0.698. The van der Waals surface area contributed by atoms with E-state index >= 15 is 0 Å². The van der Waals surface area contributed by atoms with Gasteiger partial charge in [0.25, 0.3) is 0 Å². The Kier molecular flexibility index (Phi) is 1.91. The normalized spacial score (nSPS) is 8.89. The van der Waals surface area contributed by atoms with Crippen LogP contribution in [0.25, 0.3) is 0 Å². The molecule has 1 rings (SSSR count). The van der Waals surface area contributed by atoms with Crippen molar-refractivity contribution in [3.8, 4) is 6.07 Å². The lowest BCUT2D eigenvalue weighted by Gasteiger charge is -1.80. The van der Waals surface area contributed by atoms with E-state index in [0.29, 0.717) is 16.9 Å². The molecule has 0 spiro atoms. The van der Waals surface area contributed by atoms with E-state index in [0.717, 1.165) is 0 Å². The number of halogens is 1. The van der Waals surface area contributed by atoms with Crippen molar-refractivity contribution in [3.63, 3.8) is 0 Å². The second-order valence-corrected chi connectivity index (χ2v) is 2.32. The molecule has 0 unspecified atom stereocenters. The standard InChI is InChI=1S/C6H4BrNO/c7-6-2-1-5(9-6)3-4-8/h1-2H,3H2. The number of furan rings is 1. The van der Waals surface area contributed by atoms with Crippen molar-refractivity contribution in [2.24, 2.45) is 0 Å². The van der Waals surface area contributed by atoms with Gasteiger partial charge in [-0.1, -0.05) is 0 Å². The zero-order valence-electron chi connectivity index (χ0n) is 4.60. The quantitative estimate of drug-likeness (QED) is 0.673. The van der Waals surface area contributed by atoms with E-state index in [2.05, 4.69) is 15.9 Å². The summed E-state index contributed by atoms with van der Waals surface area (Å²) in [7, 11) is 0. The molecule has 0 aliphatic carbocycles. The number of rotatable bonds is 1. The zero-order valence-corrected chi connectivity index (χ0v) is 6.18. The third-order valence-corrected chi connectivity index (χ3v) is 1.31. The van der Waals surface area contributed by atoms with Gasteiger partial charge in [0.1, 0.15) is 5.76 Å². The van der Waals surface area contributed by atoms with E-state index < -0.39 is 0 Å². The molecular formula is C6H4BrNO. The van der Waals surface area contributed by atoms with Gasteiger partial charge in [0.05, 0.1) is 12.5 Å². The van der Waals surface area contributed by atoms with E-state index in [-0.39, 0.29) is 0 Å². The van der Waals surface area contributed by atoms with Gasteiger partial charge >= 0.3 is 0 Å². The Morgan fingerprint density at radius 1 is 1.67 bits per heavy atom. The van der Waals surface area contributed by atoms with Crippen LogP contribution in [-0.4, -0.2) is 0 Å². The molecule has 9 heavy (non-hydrogen) atoms. The molecular weight excluding hydrogens is 182 g/mol. The maximum absolute atomic E-state index is 8.20. The maximum atomic E-state index is 8.20. The summed E-state index contributed by atoms with van der Waals surface area (Å²) in [6.07, 6.45) is 0.339. The highest BCUT2D eigenvalue weighted by atomic mass is 79.9. The van der Waals surface area contributed by atoms with Crippen molar-refractivity contribution < 1.29 is 4.42 Å². The fraction of sp³-hybridized carbons (Fsp3) is 0.167. The molecule has 0 N–H and O–H groups in total. The average molecular weight is 186 g/mol. The van der Waals surface area contributed by atoms with Crippen LogP contribution in [0.5, 0.6) is 0 Å². The monoisotopic (exact) mass is 185 g/mol. The molecule has 1 heterocycles. The highest BCUT2D eigenvalue weighted by Gasteiger charge is 1.95. The molecule has 46 valence electrons. The molecule has 1 aromatic rings. The zero-order chi connectivity index (χ0) is 6.69. The molecule has 0 fully saturated rings. The second-order valence-electron chi connectivity index (χ2n) is 1.54. The highest BCUT2D eigenvalue weighted by molar-refractivity contribution is 9.10. The Bertz CT molecular complexity index is 235. The molecule has 0 saturated heterocycles. The molecule has 0 amide bonds. The second kappa shape index (κ2) is 2.70. The van der Waals surface area contributed by atoms with Gasteiger partial charge in [-0.25, -0.2) is 0 Å². The minimum Gasteiger partial charge on any atom is -0.453 e. The molecule has 0 aliphatic heterocycles. The Morgan fingerprint density at radius 2 is 2.44 bits per heavy atom. The lowest BCUT2D eigenvalue weighted by Crippen LogP contribution is -1.71. The third kappa shape index (κ3) is 1.58. The summed E-state index contributed by atoms with van der Waals surface area (Å²) in [5.41, 5.74) is 0. The van der Waals surface area contributed by atoms with Crippen molar-refractivity contribution in [1.82, 2.24) is 0 Å². The van der Waals surface area contributed by atoms with Gasteiger partial charge in [0.2, 0.25) is 0 Å². The Labute approximate surface area is 61.2 Å². The highest BCUT2D eigenvalue weighted by Crippen LogP contribution is 2.13. The number of hydrogen-bond donors (Lipinski definition) is 0. The van der Waals surface area contributed by atoms with Crippen LogP contribution in [0.3, 0.4) is 0 Å². The predicted molar refractivity (Wildman–Crippen MR) is 35.7 cm³/mol. The van der Waals surface area contributed by atoms with E-state index in [1.54, 1.807) is 12.1 Å². The molecule has 3 heteroatoms. The van der Waals surface area contributed by atoms with Gasteiger partial charge in [-0.2, -0.15) is 5.26 Å². The molecule has 0 aromatic carbocycles. The summed E-state index contributed by atoms with van der Waals surface area (Å²) in [4.78, 5) is 0. The van der Waals surface area contributed by atoms with Crippen LogP contribution in [0, 0.1) is 11.3 Å². The first-order valence-corrected chi connectivity index (χ1v) is 3.23. The van der Waals surface area contributed by atoms with E-state index in [1.807, 2.05) is 6.07 Å². The lowest BCUT2D eigenvalue weighted by molar-refractivity contribution is 0.501. The minimum atomic E-state index is 0.339. The van der Waals surface area contributed by atoms with Crippen molar-refractivity contribution in [3.05, 3.63) is 22.6 Å². The summed E-state index contributed by atoms with van der Waals surface area (Å²) in [6, 6.07) is 5.52. The van der Waals surface area contributed by atoms with Crippen molar-refractivity contribution >= 4 is 15.9 Å². The lowest BCUT2D eigenvalue weighted by atomic mass is 10.4. The van der Waals surface area contributed by atoms with Crippen molar-refractivity contribution in [1.29, 1.82) is 5.26 Å². The van der Waals surface area contributed by atoms with Gasteiger partial charge < -0.3 is 4.42 Å². The molecule has 0 atom stereocenters. The van der Waals surface area contributed by atoms with E-state index in [9.17, 15) is 0 Å². The Balaban J connectivity index is 2.76. The van der Waals surface area contributed by atoms with Crippen LogP contribution in [0.1, 0.15) is 5.76 Å². The maximum Gasteiger partial charge on any atom is 0.169 e. The van der Waals surface area contributed by atoms with Crippen molar-refractivity contribution in [2.45, 2.75) is 6.42 Å². The van der Waals surface area contributed by atoms with E-state index in [1.165, 1.54) is 0 Å². The van der Waals surface area contributed by atoms with Crippen LogP contribution >= 0.6 is 15.9 Å². The minimum absolute atomic E-state index is 0.339. The fourth-order valence-electron chi connectivity index (χ4n) is 0.525. The molecule has 0 bridgehead atoms. The largest absolute Gasteiger partial charge is 0.453 e. The van der Waals surface area contributed by atoms with Crippen molar-refractivity contribution in [2.75, 3.05) is 0 Å². The first-order valence-electron chi connectivity index (χ1n) is 2.44. The van der Waals surface area contributed by atoms with Crippen LogP contribution in [-0.2, 0) is 6.42 Å². The summed E-state index contributed by atoms with van der Waals surface area (Å²) >= 11 is 3.13. The number of nitrogens with zero attached hydrogens (tertiary/aromatic N) is 1. The SMILES string of the molecule is N#CCc1ccc(Br)o1. The van der Waals surface area contributed by atoms with Crippen LogP contribution in [0.2, 0.25) is 0 Å². The van der Waals surface area contributed by atoms with Crippen LogP contribution in [0.4, 0.5) is 0 Å². The van der Waals surface area contributed by atoms with Gasteiger partial charge in [-0.05, 0) is 28.1 Å². The topological polar surface area (TPSA) is 36.9 Å². The molecule has 0 radical (unpaired) electrons. The predicted octanol–water partition coefficient (Wildman–Crippen LogP) is 2.11. The number of hydrogen-bond acceptors (Lipinski definition) is 2. The van der Waals surface area contributed by atoms with Crippen LogP contribution in [0.15, 0.2) is 21.2 Å². The smallest absolute Gasteiger partial charge is 0.169 e. The molecule has 2 nitrogen and oxygen atoms in total. The van der Waals surface area contributed by atoms with E-state index in [4.69, 9.17) is 9.68 Å². The van der Waals surface area contributed by atoms with Gasteiger partial charge in [-0.15, -0.1) is 0 Å². The molecule has 0 aliphatic rings. The first kappa shape index (κ1) is 6.37. The molecule has 1 aromatic heterocycles.